The highest BCUT2D eigenvalue weighted by molar-refractivity contribution is 7.92. The Kier molecular flexibility index (Phi) is 6.41. The van der Waals surface area contributed by atoms with E-state index < -0.39 is 15.8 Å². The van der Waals surface area contributed by atoms with E-state index >= 15 is 0 Å². The molecule has 166 valence electrons. The summed E-state index contributed by atoms with van der Waals surface area (Å²) in [5.74, 6) is -0.761. The molecule has 1 saturated heterocycles. The van der Waals surface area contributed by atoms with Crippen LogP contribution in [0.15, 0.2) is 77.7 Å². The van der Waals surface area contributed by atoms with Gasteiger partial charge in [-0.05, 0) is 79.1 Å². The molecule has 1 amide bonds. The van der Waals surface area contributed by atoms with Crippen molar-refractivity contribution in [1.82, 2.24) is 5.32 Å². The van der Waals surface area contributed by atoms with E-state index in [2.05, 4.69) is 27.1 Å². The van der Waals surface area contributed by atoms with Crippen molar-refractivity contribution in [3.05, 3.63) is 89.7 Å². The molecule has 6 nitrogen and oxygen atoms in total. The predicted octanol–water partition coefficient (Wildman–Crippen LogP) is 4.16. The van der Waals surface area contributed by atoms with E-state index in [-0.39, 0.29) is 10.8 Å². The van der Waals surface area contributed by atoms with E-state index in [0.29, 0.717) is 17.8 Å². The Hall–Kier alpha value is -3.39. The lowest BCUT2D eigenvalue weighted by atomic mass is 10.1. The molecule has 0 spiro atoms. The number of nitrogens with one attached hydrogen (secondary N) is 2. The molecule has 0 radical (unpaired) electrons. The van der Waals surface area contributed by atoms with Crippen LogP contribution in [0.2, 0.25) is 0 Å². The van der Waals surface area contributed by atoms with Gasteiger partial charge in [-0.25, -0.2) is 12.8 Å². The Morgan fingerprint density at radius 2 is 1.50 bits per heavy atom. The molecule has 0 aromatic heterocycles. The van der Waals surface area contributed by atoms with Crippen LogP contribution in [0.1, 0.15) is 28.8 Å². The molecule has 1 aliphatic rings. The van der Waals surface area contributed by atoms with Crippen LogP contribution in [0.25, 0.3) is 0 Å². The Morgan fingerprint density at radius 3 is 2.12 bits per heavy atom. The second-order valence-corrected chi connectivity index (χ2v) is 9.36. The molecule has 3 aromatic rings. The minimum absolute atomic E-state index is 0.0449. The van der Waals surface area contributed by atoms with Crippen molar-refractivity contribution in [3.8, 4) is 0 Å². The van der Waals surface area contributed by atoms with Gasteiger partial charge in [-0.2, -0.15) is 0 Å². The topological polar surface area (TPSA) is 78.5 Å². The van der Waals surface area contributed by atoms with Gasteiger partial charge in [-0.15, -0.1) is 0 Å². The summed E-state index contributed by atoms with van der Waals surface area (Å²) < 4.78 is 40.2. The molecule has 32 heavy (non-hydrogen) atoms. The number of hydrogen-bond acceptors (Lipinski definition) is 4. The number of carbonyl (C=O) groups excluding carboxylic acids is 1. The Labute approximate surface area is 187 Å². The smallest absolute Gasteiger partial charge is 0.261 e. The second-order valence-electron chi connectivity index (χ2n) is 7.68. The summed E-state index contributed by atoms with van der Waals surface area (Å²) >= 11 is 0. The zero-order chi connectivity index (χ0) is 22.6. The number of sulfonamides is 1. The fraction of sp³-hybridized carbons (Fsp3) is 0.208. The van der Waals surface area contributed by atoms with E-state index in [1.165, 1.54) is 42.8 Å². The first-order chi connectivity index (χ1) is 15.4. The minimum atomic E-state index is -3.84. The number of carbonyl (C=O) groups is 1. The van der Waals surface area contributed by atoms with Crippen LogP contribution in [0.4, 0.5) is 15.8 Å². The highest BCUT2D eigenvalue weighted by atomic mass is 32.2. The Balaban J connectivity index is 1.33. The molecule has 1 heterocycles. The fourth-order valence-electron chi connectivity index (χ4n) is 3.60. The Bertz CT molecular complexity index is 1170. The number of anilines is 2. The number of nitrogens with zero attached hydrogens (tertiary/aromatic N) is 1. The summed E-state index contributed by atoms with van der Waals surface area (Å²) in [5, 5.41) is 2.88. The zero-order valence-electron chi connectivity index (χ0n) is 17.4. The molecule has 4 rings (SSSR count). The molecule has 1 aliphatic heterocycles. The van der Waals surface area contributed by atoms with E-state index in [0.717, 1.165) is 30.8 Å². The van der Waals surface area contributed by atoms with Gasteiger partial charge < -0.3 is 10.2 Å². The maximum atomic E-state index is 13.0. The maximum absolute atomic E-state index is 13.0. The number of rotatable bonds is 7. The molecule has 0 bridgehead atoms. The van der Waals surface area contributed by atoms with Gasteiger partial charge in [-0.3, -0.25) is 9.52 Å². The van der Waals surface area contributed by atoms with Crippen LogP contribution in [-0.2, 0) is 16.6 Å². The number of halogens is 1. The van der Waals surface area contributed by atoms with Crippen LogP contribution in [-0.4, -0.2) is 27.4 Å². The van der Waals surface area contributed by atoms with Gasteiger partial charge in [0.1, 0.15) is 5.82 Å². The molecular weight excluding hydrogens is 429 g/mol. The average Bonchev–Trinajstić information content (AvgIpc) is 3.33. The molecule has 2 N–H and O–H groups in total. The molecule has 0 saturated carbocycles. The lowest BCUT2D eigenvalue weighted by molar-refractivity contribution is 0.0951. The lowest BCUT2D eigenvalue weighted by Crippen LogP contribution is -2.23. The summed E-state index contributed by atoms with van der Waals surface area (Å²) in [7, 11) is -3.84. The fourth-order valence-corrected chi connectivity index (χ4v) is 4.66. The molecule has 0 aliphatic carbocycles. The first kappa shape index (κ1) is 21.8. The number of hydrogen-bond donors (Lipinski definition) is 2. The number of benzene rings is 3. The largest absolute Gasteiger partial charge is 0.372 e. The highest BCUT2D eigenvalue weighted by Crippen LogP contribution is 2.21. The average molecular weight is 454 g/mol. The van der Waals surface area contributed by atoms with Crippen molar-refractivity contribution < 1.29 is 17.6 Å². The lowest BCUT2D eigenvalue weighted by Gasteiger charge is -2.17. The van der Waals surface area contributed by atoms with E-state index in [1.54, 1.807) is 12.1 Å². The van der Waals surface area contributed by atoms with Crippen LogP contribution >= 0.6 is 0 Å². The SMILES string of the molecule is O=C(NCc1ccc(N2CCCC2)cc1)c1ccc(NS(=O)(=O)c2ccc(F)cc2)cc1. The molecule has 8 heteroatoms. The van der Waals surface area contributed by atoms with Gasteiger partial charge in [0, 0.05) is 36.6 Å². The van der Waals surface area contributed by atoms with Crippen LogP contribution in [0, 0.1) is 5.82 Å². The van der Waals surface area contributed by atoms with Gasteiger partial charge in [0.2, 0.25) is 0 Å². The quantitative estimate of drug-likeness (QED) is 0.563. The molecule has 1 fully saturated rings. The first-order valence-electron chi connectivity index (χ1n) is 10.4. The minimum Gasteiger partial charge on any atom is -0.372 e. The van der Waals surface area contributed by atoms with E-state index in [1.807, 2.05) is 12.1 Å². The molecule has 3 aromatic carbocycles. The van der Waals surface area contributed by atoms with Gasteiger partial charge in [0.25, 0.3) is 15.9 Å². The summed E-state index contributed by atoms with van der Waals surface area (Å²) in [6.45, 7) is 2.58. The molecule has 0 unspecified atom stereocenters. The third kappa shape index (κ3) is 5.26. The van der Waals surface area contributed by atoms with Crippen LogP contribution < -0.4 is 14.9 Å². The first-order valence-corrected chi connectivity index (χ1v) is 11.9. The van der Waals surface area contributed by atoms with Crippen molar-refractivity contribution in [2.45, 2.75) is 24.3 Å². The van der Waals surface area contributed by atoms with Crippen molar-refractivity contribution in [3.63, 3.8) is 0 Å². The van der Waals surface area contributed by atoms with Crippen LogP contribution in [0.3, 0.4) is 0 Å². The van der Waals surface area contributed by atoms with E-state index in [9.17, 15) is 17.6 Å². The summed E-state index contributed by atoms with van der Waals surface area (Å²) in [5.41, 5.74) is 2.94. The van der Waals surface area contributed by atoms with Crippen molar-refractivity contribution in [2.24, 2.45) is 0 Å². The van der Waals surface area contributed by atoms with Gasteiger partial charge in [-0.1, -0.05) is 12.1 Å². The van der Waals surface area contributed by atoms with Crippen molar-refractivity contribution >= 4 is 27.3 Å². The highest BCUT2D eigenvalue weighted by Gasteiger charge is 2.15. The van der Waals surface area contributed by atoms with Crippen LogP contribution in [0.5, 0.6) is 0 Å². The third-order valence-electron chi connectivity index (χ3n) is 5.38. The van der Waals surface area contributed by atoms with Gasteiger partial charge in [0.05, 0.1) is 4.90 Å². The van der Waals surface area contributed by atoms with Gasteiger partial charge >= 0.3 is 0 Å². The van der Waals surface area contributed by atoms with Crippen molar-refractivity contribution in [2.75, 3.05) is 22.7 Å². The second kappa shape index (κ2) is 9.40. The third-order valence-corrected chi connectivity index (χ3v) is 6.78. The predicted molar refractivity (Wildman–Crippen MR) is 123 cm³/mol. The maximum Gasteiger partial charge on any atom is 0.261 e. The monoisotopic (exact) mass is 453 g/mol. The zero-order valence-corrected chi connectivity index (χ0v) is 18.2. The summed E-state index contributed by atoms with van der Waals surface area (Å²) in [6, 6.07) is 18.9. The summed E-state index contributed by atoms with van der Waals surface area (Å²) in [6.07, 6.45) is 2.45. The Morgan fingerprint density at radius 1 is 0.875 bits per heavy atom. The van der Waals surface area contributed by atoms with Gasteiger partial charge in [0.15, 0.2) is 0 Å². The number of amides is 1. The summed E-state index contributed by atoms with van der Waals surface area (Å²) in [4.78, 5) is 14.8. The normalized spacial score (nSPS) is 13.7. The van der Waals surface area contributed by atoms with E-state index in [4.69, 9.17) is 0 Å². The standard InChI is InChI=1S/C24H24FN3O3S/c25-20-7-13-23(14-8-20)32(30,31)27-21-9-5-19(6-10-21)24(29)26-17-18-3-11-22(12-4-18)28-15-1-2-16-28/h3-14,27H,1-2,15-17H2,(H,26,29). The van der Waals surface area contributed by atoms with Crippen molar-refractivity contribution in [1.29, 1.82) is 0 Å². The molecule has 0 atom stereocenters. The molecular formula is C24H24FN3O3S.